The van der Waals surface area contributed by atoms with Crippen LogP contribution in [0.15, 0.2) is 36.5 Å². The van der Waals surface area contributed by atoms with Crippen LogP contribution in [0.25, 0.3) is 0 Å². The smallest absolute Gasteiger partial charge is 0.306 e. The summed E-state index contributed by atoms with van der Waals surface area (Å²) >= 11 is 0. The molecule has 1 saturated heterocycles. The molecule has 374 valence electrons. The number of phosphoric acid groups is 1. The van der Waals surface area contributed by atoms with Crippen LogP contribution in [0, 0.1) is 5.92 Å². The van der Waals surface area contributed by atoms with E-state index in [-0.39, 0.29) is 38.4 Å². The number of hydrogen-bond acceptors (Lipinski definition) is 12. The zero-order chi connectivity index (χ0) is 47.3. The van der Waals surface area contributed by atoms with E-state index in [1.54, 1.807) is 12.2 Å². The Kier molecular flexibility index (Phi) is 35.8. The van der Waals surface area contributed by atoms with Crippen LogP contribution < -0.4 is 4.89 Å². The highest BCUT2D eigenvalue weighted by atomic mass is 31.2. The normalized spacial score (nSPS) is 20.3. The molecule has 0 radical (unpaired) electrons. The molecule has 13 nitrogen and oxygen atoms in total. The molecule has 2 unspecified atom stereocenters. The number of hydrogen-bond donors (Lipinski definition) is 3. The van der Waals surface area contributed by atoms with Crippen molar-refractivity contribution in [3.63, 3.8) is 0 Å². The molecular formula is C50H92NO12P. The monoisotopic (exact) mass is 930 g/mol. The van der Waals surface area contributed by atoms with Crippen LogP contribution in [0.1, 0.15) is 187 Å². The molecule has 0 aromatic heterocycles. The van der Waals surface area contributed by atoms with Gasteiger partial charge in [-0.3, -0.25) is 14.2 Å². The van der Waals surface area contributed by atoms with Crippen molar-refractivity contribution in [2.75, 3.05) is 47.5 Å². The Hall–Kier alpha value is -1.93. The van der Waals surface area contributed by atoms with Gasteiger partial charge >= 0.3 is 11.9 Å². The second-order valence-corrected chi connectivity index (χ2v) is 20.1. The summed E-state index contributed by atoms with van der Waals surface area (Å²) in [5.74, 6) is -1.35. The van der Waals surface area contributed by atoms with Gasteiger partial charge in [-0.05, 0) is 57.8 Å². The van der Waals surface area contributed by atoms with Gasteiger partial charge in [-0.2, -0.15) is 0 Å². The topological polar surface area (TPSA) is 181 Å². The van der Waals surface area contributed by atoms with Gasteiger partial charge in [0.2, 0.25) is 0 Å². The van der Waals surface area contributed by atoms with E-state index < -0.39 is 57.1 Å². The van der Waals surface area contributed by atoms with Crippen LogP contribution >= 0.6 is 7.82 Å². The van der Waals surface area contributed by atoms with Crippen LogP contribution in [0.5, 0.6) is 0 Å². The fourth-order valence-corrected chi connectivity index (χ4v) is 8.12. The average Bonchev–Trinajstić information content (AvgIpc) is 3.23. The number of esters is 2. The molecule has 0 amide bonds. The minimum Gasteiger partial charge on any atom is -0.756 e. The Labute approximate surface area is 388 Å². The van der Waals surface area contributed by atoms with Crippen molar-refractivity contribution >= 4 is 19.8 Å². The summed E-state index contributed by atoms with van der Waals surface area (Å²) < 4.78 is 39.6. The van der Waals surface area contributed by atoms with Crippen molar-refractivity contribution in [2.45, 2.75) is 218 Å². The van der Waals surface area contributed by atoms with Crippen LogP contribution in [-0.4, -0.2) is 110 Å². The highest BCUT2D eigenvalue weighted by Crippen LogP contribution is 2.38. The lowest BCUT2D eigenvalue weighted by atomic mass is 9.87. The summed E-state index contributed by atoms with van der Waals surface area (Å²) in [6.07, 6.45) is 33.6. The minimum absolute atomic E-state index is 0.0309. The second-order valence-electron chi connectivity index (χ2n) is 18.7. The number of unbranched alkanes of at least 4 members (excludes halogenated alkanes) is 18. The van der Waals surface area contributed by atoms with Gasteiger partial charge in [-0.1, -0.05) is 147 Å². The van der Waals surface area contributed by atoms with Crippen LogP contribution in [-0.2, 0) is 37.4 Å². The molecule has 3 N–H and O–H groups in total. The number of likely N-dealkylation sites (N-methyl/N-ethyl adjacent to an activating group) is 1. The first-order valence-electron chi connectivity index (χ1n) is 25.1. The van der Waals surface area contributed by atoms with Gasteiger partial charge in [0, 0.05) is 25.2 Å². The molecule has 0 bridgehead atoms. The van der Waals surface area contributed by atoms with E-state index in [0.717, 1.165) is 38.5 Å². The first-order chi connectivity index (χ1) is 30.7. The highest BCUT2D eigenvalue weighted by Gasteiger charge is 2.35. The Morgan fingerprint density at radius 3 is 1.91 bits per heavy atom. The summed E-state index contributed by atoms with van der Waals surface area (Å²) in [6.45, 7) is 3.81. The average molecular weight is 930 g/mol. The van der Waals surface area contributed by atoms with Crippen molar-refractivity contribution in [3.05, 3.63) is 36.5 Å². The molecule has 14 heteroatoms. The maximum absolute atomic E-state index is 12.8. The number of phosphoric ester groups is 1. The van der Waals surface area contributed by atoms with E-state index >= 15 is 0 Å². The molecule has 0 spiro atoms. The standard InChI is InChI=1S/C50H92NO12P/c1-6-8-10-11-12-13-14-15-16-17-18-19-20-21-22-23-24-25-30-34-48(54)59-41-44(42-61-64(57,58)60-39-38-51(3,4)5)62-49(55)35-31-27-26-29-33-45-46(53)40-50(56)63-47(45)37-36-43(52)32-28-9-7-2/h15-16,26,29,36-37,43-47,50,52-53,56H,6-14,17-25,27-28,30-35,38-42H2,1-5H3/b16-15-,29-26-,37-36+/t43-,44+,45-,46-,47+,50?/m0/s1. The predicted molar refractivity (Wildman–Crippen MR) is 253 cm³/mol. The largest absolute Gasteiger partial charge is 0.756 e. The number of rotatable bonds is 41. The molecule has 0 aliphatic carbocycles. The minimum atomic E-state index is -4.71. The summed E-state index contributed by atoms with van der Waals surface area (Å²) in [5.41, 5.74) is 0. The number of carbonyl (C=O) groups is 2. The number of aliphatic hydroxyl groups is 3. The van der Waals surface area contributed by atoms with Crippen molar-refractivity contribution in [1.29, 1.82) is 0 Å². The molecule has 1 aliphatic heterocycles. The Balaban J connectivity index is 2.46. The van der Waals surface area contributed by atoms with Gasteiger partial charge < -0.3 is 48.0 Å². The van der Waals surface area contributed by atoms with Gasteiger partial charge in [0.05, 0.1) is 46.1 Å². The molecule has 0 saturated carbocycles. The lowest BCUT2D eigenvalue weighted by Gasteiger charge is -2.36. The summed E-state index contributed by atoms with van der Waals surface area (Å²) in [5, 5.41) is 31.1. The quantitative estimate of drug-likeness (QED) is 0.0174. The molecule has 64 heavy (non-hydrogen) atoms. The summed E-state index contributed by atoms with van der Waals surface area (Å²) in [4.78, 5) is 37.9. The van der Waals surface area contributed by atoms with Gasteiger partial charge in [0.25, 0.3) is 7.82 Å². The first kappa shape index (κ1) is 60.1. The summed E-state index contributed by atoms with van der Waals surface area (Å²) in [6, 6.07) is 0. The number of nitrogens with zero attached hydrogens (tertiary/aromatic N) is 1. The molecule has 1 fully saturated rings. The maximum Gasteiger partial charge on any atom is 0.306 e. The molecule has 0 aromatic carbocycles. The van der Waals surface area contributed by atoms with Crippen molar-refractivity contribution in [1.82, 2.24) is 0 Å². The van der Waals surface area contributed by atoms with E-state index in [2.05, 4.69) is 26.0 Å². The van der Waals surface area contributed by atoms with Gasteiger partial charge in [0.15, 0.2) is 12.4 Å². The Bertz CT molecular complexity index is 1300. The molecule has 1 rings (SSSR count). The van der Waals surface area contributed by atoms with Gasteiger partial charge in [-0.15, -0.1) is 0 Å². The van der Waals surface area contributed by atoms with E-state index in [1.807, 2.05) is 33.3 Å². The number of aliphatic hydroxyl groups excluding tert-OH is 3. The zero-order valence-corrected chi connectivity index (χ0v) is 41.7. The molecular weight excluding hydrogens is 838 g/mol. The van der Waals surface area contributed by atoms with Gasteiger partial charge in [-0.25, -0.2) is 0 Å². The predicted octanol–water partition coefficient (Wildman–Crippen LogP) is 9.95. The first-order valence-corrected chi connectivity index (χ1v) is 26.6. The number of carbonyl (C=O) groups excluding carboxylic acids is 2. The number of quaternary nitrogens is 1. The Morgan fingerprint density at radius 2 is 1.28 bits per heavy atom. The maximum atomic E-state index is 12.8. The van der Waals surface area contributed by atoms with Crippen LogP contribution in [0.4, 0.5) is 0 Å². The Morgan fingerprint density at radius 1 is 0.734 bits per heavy atom. The van der Waals surface area contributed by atoms with Crippen molar-refractivity contribution < 1.29 is 62.1 Å². The van der Waals surface area contributed by atoms with Crippen LogP contribution in [0.3, 0.4) is 0 Å². The zero-order valence-electron chi connectivity index (χ0n) is 40.8. The van der Waals surface area contributed by atoms with Crippen molar-refractivity contribution in [3.8, 4) is 0 Å². The van der Waals surface area contributed by atoms with Gasteiger partial charge in [0.1, 0.15) is 19.8 Å². The molecule has 0 aromatic rings. The lowest BCUT2D eigenvalue weighted by molar-refractivity contribution is -0.870. The lowest BCUT2D eigenvalue weighted by Crippen LogP contribution is -2.43. The SMILES string of the molecule is CCCCCCCC/C=C\CCCCCCCCCCCC(=O)OC[C@H](COP(=O)([O-])OCC[N+](C)(C)C)OC(=O)CCC/C=C\C[C@H]1[C@@H](O)CC(O)O[C@@H]1/C=C/[C@@H](O)CCCCC. The van der Waals surface area contributed by atoms with E-state index in [0.29, 0.717) is 43.1 Å². The fourth-order valence-electron chi connectivity index (χ4n) is 7.39. The third-order valence-corrected chi connectivity index (χ3v) is 12.4. The molecule has 1 heterocycles. The molecule has 7 atom stereocenters. The van der Waals surface area contributed by atoms with E-state index in [4.69, 9.17) is 23.3 Å². The molecule has 1 aliphatic rings. The highest BCUT2D eigenvalue weighted by molar-refractivity contribution is 7.45. The van der Waals surface area contributed by atoms with E-state index in [9.17, 15) is 34.4 Å². The second kappa shape index (κ2) is 38.1. The number of allylic oxidation sites excluding steroid dienone is 4. The third kappa shape index (κ3) is 35.3. The number of ether oxygens (including phenoxy) is 3. The van der Waals surface area contributed by atoms with Crippen molar-refractivity contribution in [2.24, 2.45) is 5.92 Å². The summed E-state index contributed by atoms with van der Waals surface area (Å²) in [7, 11) is 0.998. The fraction of sp³-hybridized carbons (Fsp3) is 0.840. The van der Waals surface area contributed by atoms with E-state index in [1.165, 1.54) is 83.5 Å². The third-order valence-electron chi connectivity index (χ3n) is 11.4. The van der Waals surface area contributed by atoms with Crippen LogP contribution in [0.2, 0.25) is 0 Å².